The zero-order valence-electron chi connectivity index (χ0n) is 13.8. The lowest BCUT2D eigenvalue weighted by Gasteiger charge is -2.02. The lowest BCUT2D eigenvalue weighted by molar-refractivity contribution is -0.135. The maximum Gasteiger partial charge on any atom is 0.332 e. The van der Waals surface area contributed by atoms with Crippen LogP contribution in [0.2, 0.25) is 0 Å². The fraction of sp³-hybridized carbons (Fsp3) is 0.267. The van der Waals surface area contributed by atoms with Crippen LogP contribution in [0, 0.1) is 0 Å². The van der Waals surface area contributed by atoms with Crippen LogP contribution in [0.3, 0.4) is 0 Å². The fourth-order valence-corrected chi connectivity index (χ4v) is 2.03. The third kappa shape index (κ3) is 3.24. The molecule has 0 saturated carbocycles. The van der Waals surface area contributed by atoms with Gasteiger partial charge in [0.05, 0.1) is 6.26 Å². The number of aliphatic imine (C=N–C) groups is 1. The number of hydrogen-bond donors (Lipinski definition) is 0. The molecule has 0 N–H and O–H groups in total. The average Bonchev–Trinajstić information content (AvgIpc) is 2.86. The van der Waals surface area contributed by atoms with E-state index in [0.29, 0.717) is 5.52 Å². The molecule has 9 nitrogen and oxygen atoms in total. The van der Waals surface area contributed by atoms with Gasteiger partial charge in [0.15, 0.2) is 11.2 Å². The Kier molecular flexibility index (Phi) is 4.93. The first-order valence-corrected chi connectivity index (χ1v) is 7.00. The van der Waals surface area contributed by atoms with Crippen LogP contribution >= 0.6 is 0 Å². The van der Waals surface area contributed by atoms with E-state index in [1.54, 1.807) is 26.2 Å². The van der Waals surface area contributed by atoms with Crippen LogP contribution in [0.25, 0.3) is 11.2 Å². The molecule has 0 unspecified atom stereocenters. The van der Waals surface area contributed by atoms with E-state index in [1.807, 2.05) is 0 Å². The molecule has 24 heavy (non-hydrogen) atoms. The van der Waals surface area contributed by atoms with Gasteiger partial charge in [-0.25, -0.2) is 9.79 Å². The van der Waals surface area contributed by atoms with E-state index in [2.05, 4.69) is 14.7 Å². The Morgan fingerprint density at radius 3 is 2.46 bits per heavy atom. The first kappa shape index (κ1) is 17.1. The van der Waals surface area contributed by atoms with Crippen molar-refractivity contribution in [2.45, 2.75) is 6.92 Å². The number of ether oxygens (including phenoxy) is 1. The van der Waals surface area contributed by atoms with Crippen molar-refractivity contribution < 1.29 is 9.53 Å². The Balaban J connectivity index is 2.33. The van der Waals surface area contributed by atoms with Crippen molar-refractivity contribution in [1.29, 1.82) is 0 Å². The third-order valence-electron chi connectivity index (χ3n) is 3.26. The van der Waals surface area contributed by atoms with Gasteiger partial charge in [-0.1, -0.05) is 6.08 Å². The maximum absolute atomic E-state index is 12.2. The van der Waals surface area contributed by atoms with Crippen LogP contribution in [0.4, 0.5) is 5.95 Å². The van der Waals surface area contributed by atoms with Crippen LogP contribution in [-0.4, -0.2) is 30.9 Å². The number of nitrogens with zero attached hydrogens (tertiary/aromatic N) is 5. The standard InChI is InChI=1S/C15H17N5O4/c1-10(21)24-9-7-5-6-8-16-14-17-12-11(18(14)2)13(22)20(4)15(23)19(12)3/h5-9H,1-4H3/b6-5+,9-7+,16-8+. The van der Waals surface area contributed by atoms with Gasteiger partial charge in [-0.05, 0) is 12.2 Å². The fourth-order valence-electron chi connectivity index (χ4n) is 2.03. The highest BCUT2D eigenvalue weighted by Gasteiger charge is 2.15. The van der Waals surface area contributed by atoms with E-state index in [-0.39, 0.29) is 11.6 Å². The Hall–Kier alpha value is -3.23. The lowest BCUT2D eigenvalue weighted by atomic mass is 10.5. The number of hydrogen-bond acceptors (Lipinski definition) is 6. The Morgan fingerprint density at radius 1 is 1.08 bits per heavy atom. The molecule has 0 aliphatic carbocycles. The van der Waals surface area contributed by atoms with E-state index in [0.717, 1.165) is 4.57 Å². The summed E-state index contributed by atoms with van der Waals surface area (Å²) in [6.07, 6.45) is 7.48. The molecule has 0 radical (unpaired) electrons. The molecule has 0 bridgehead atoms. The summed E-state index contributed by atoms with van der Waals surface area (Å²) in [5, 5.41) is 0. The quantitative estimate of drug-likeness (QED) is 0.347. The molecule has 0 spiro atoms. The highest BCUT2D eigenvalue weighted by Crippen LogP contribution is 2.15. The van der Waals surface area contributed by atoms with Gasteiger partial charge in [0.1, 0.15) is 0 Å². The minimum Gasteiger partial charge on any atom is -0.435 e. The Bertz CT molecular complexity index is 988. The molecular weight excluding hydrogens is 314 g/mol. The minimum atomic E-state index is -0.448. The van der Waals surface area contributed by atoms with E-state index >= 15 is 0 Å². The summed E-state index contributed by atoms with van der Waals surface area (Å²) in [7, 11) is 4.61. The van der Waals surface area contributed by atoms with Crippen molar-refractivity contribution in [2.24, 2.45) is 26.1 Å². The zero-order chi connectivity index (χ0) is 17.9. The zero-order valence-corrected chi connectivity index (χ0v) is 13.8. The predicted molar refractivity (Wildman–Crippen MR) is 89.4 cm³/mol. The first-order chi connectivity index (χ1) is 11.3. The lowest BCUT2D eigenvalue weighted by Crippen LogP contribution is -2.37. The molecule has 2 heterocycles. The summed E-state index contributed by atoms with van der Waals surface area (Å²) >= 11 is 0. The smallest absolute Gasteiger partial charge is 0.332 e. The average molecular weight is 331 g/mol. The molecule has 0 aliphatic rings. The molecule has 0 amide bonds. The number of fused-ring (bicyclic) bond motifs is 1. The van der Waals surface area contributed by atoms with E-state index in [9.17, 15) is 14.4 Å². The number of imidazole rings is 1. The second-order valence-electron chi connectivity index (χ2n) is 4.95. The van der Waals surface area contributed by atoms with Gasteiger partial charge in [-0.2, -0.15) is 4.98 Å². The van der Waals surface area contributed by atoms with Gasteiger partial charge in [-0.15, -0.1) is 0 Å². The summed E-state index contributed by atoms with van der Waals surface area (Å²) in [6, 6.07) is 0. The van der Waals surface area contributed by atoms with Crippen molar-refractivity contribution >= 4 is 29.3 Å². The monoisotopic (exact) mass is 331 g/mol. The number of carbonyl (C=O) groups excluding carboxylic acids is 1. The van der Waals surface area contributed by atoms with Gasteiger partial charge in [0, 0.05) is 34.3 Å². The number of esters is 1. The minimum absolute atomic E-state index is 0.275. The van der Waals surface area contributed by atoms with Crippen LogP contribution in [0.1, 0.15) is 6.92 Å². The predicted octanol–water partition coefficient (Wildman–Crippen LogP) is 0.306. The van der Waals surface area contributed by atoms with Gasteiger partial charge in [0.25, 0.3) is 5.56 Å². The van der Waals surface area contributed by atoms with Gasteiger partial charge < -0.3 is 9.30 Å². The van der Waals surface area contributed by atoms with Gasteiger partial charge in [-0.3, -0.25) is 18.7 Å². The first-order valence-electron chi connectivity index (χ1n) is 7.00. The Labute approximate surface area is 136 Å². The summed E-state index contributed by atoms with van der Waals surface area (Å²) in [4.78, 5) is 43.1. The normalized spacial score (nSPS) is 12.2. The summed E-state index contributed by atoms with van der Waals surface area (Å²) in [5.74, 6) is -0.114. The molecular formula is C15H17N5O4. The van der Waals surface area contributed by atoms with Gasteiger partial charge >= 0.3 is 11.7 Å². The highest BCUT2D eigenvalue weighted by molar-refractivity contribution is 5.77. The number of rotatable bonds is 4. The van der Waals surface area contributed by atoms with Crippen molar-refractivity contribution in [2.75, 3.05) is 0 Å². The number of aryl methyl sites for hydroxylation is 2. The molecule has 9 heteroatoms. The highest BCUT2D eigenvalue weighted by atomic mass is 16.5. The largest absolute Gasteiger partial charge is 0.435 e. The molecule has 2 rings (SSSR count). The van der Waals surface area contributed by atoms with Gasteiger partial charge in [0.2, 0.25) is 5.95 Å². The summed E-state index contributed by atoms with van der Waals surface area (Å²) in [5.41, 5.74) is -0.303. The van der Waals surface area contributed by atoms with E-state index in [4.69, 9.17) is 0 Å². The van der Waals surface area contributed by atoms with Crippen molar-refractivity contribution in [3.63, 3.8) is 0 Å². The van der Waals surface area contributed by atoms with Crippen molar-refractivity contribution in [1.82, 2.24) is 18.7 Å². The number of aromatic nitrogens is 4. The maximum atomic E-state index is 12.2. The summed E-state index contributed by atoms with van der Waals surface area (Å²) < 4.78 is 8.46. The second-order valence-corrected chi connectivity index (χ2v) is 4.95. The molecule has 0 saturated heterocycles. The van der Waals surface area contributed by atoms with Crippen molar-refractivity contribution in [3.05, 3.63) is 45.3 Å². The van der Waals surface area contributed by atoms with Crippen LogP contribution in [-0.2, 0) is 30.7 Å². The van der Waals surface area contributed by atoms with Crippen LogP contribution in [0.5, 0.6) is 0 Å². The molecule has 2 aromatic rings. The van der Waals surface area contributed by atoms with Crippen molar-refractivity contribution in [3.8, 4) is 0 Å². The molecule has 0 fully saturated rings. The number of carbonyl (C=O) groups is 1. The van der Waals surface area contributed by atoms with Crippen LogP contribution in [0.15, 0.2) is 39.1 Å². The van der Waals surface area contributed by atoms with E-state index in [1.165, 1.54) is 41.7 Å². The third-order valence-corrected chi connectivity index (χ3v) is 3.26. The topological polar surface area (TPSA) is 100 Å². The molecule has 126 valence electrons. The number of allylic oxidation sites excluding steroid dienone is 3. The molecule has 0 atom stereocenters. The van der Waals surface area contributed by atoms with E-state index < -0.39 is 17.2 Å². The second kappa shape index (κ2) is 6.90. The molecule has 0 aliphatic heterocycles. The Morgan fingerprint density at radius 2 is 1.79 bits per heavy atom. The van der Waals surface area contributed by atoms with Crippen LogP contribution < -0.4 is 11.2 Å². The summed E-state index contributed by atoms with van der Waals surface area (Å²) in [6.45, 7) is 1.30. The molecule has 0 aromatic carbocycles. The SMILES string of the molecule is CC(=O)O/C=C/C=C/C=N/c1nc2c(c(=O)n(C)c(=O)n2C)n1C. The molecule has 2 aromatic heterocycles.